The average Bonchev–Trinajstić information content (AvgIpc) is 3.00. The van der Waals surface area contributed by atoms with Crippen LogP contribution < -0.4 is 15.4 Å². The predicted molar refractivity (Wildman–Crippen MR) is 166 cm³/mol. The molecule has 1 fully saturated rings. The van der Waals surface area contributed by atoms with Gasteiger partial charge in [-0.15, -0.1) is 0 Å². The third kappa shape index (κ3) is 6.65. The molecule has 220 valence electrons. The summed E-state index contributed by atoms with van der Waals surface area (Å²) in [6.45, 7) is 3.82. The summed E-state index contributed by atoms with van der Waals surface area (Å²) in [4.78, 5) is 13.7. The largest absolute Gasteiger partial charge is 0.437 e. The summed E-state index contributed by atoms with van der Waals surface area (Å²) in [5, 5.41) is 8.31. The number of ether oxygens (including phenoxy) is 1. The number of fused-ring (bicyclic) bond motifs is 1. The van der Waals surface area contributed by atoms with Crippen LogP contribution >= 0.6 is 0 Å². The van der Waals surface area contributed by atoms with Gasteiger partial charge in [-0.2, -0.15) is 0 Å². The first kappa shape index (κ1) is 28.7. The van der Waals surface area contributed by atoms with E-state index in [2.05, 4.69) is 20.6 Å². The Hall–Kier alpha value is -4.41. The van der Waals surface area contributed by atoms with Crippen LogP contribution in [0.1, 0.15) is 29.5 Å². The zero-order valence-corrected chi connectivity index (χ0v) is 24.6. The molecule has 0 radical (unpaired) electrons. The third-order valence-corrected chi connectivity index (χ3v) is 9.04. The average molecular weight is 598 g/mol. The zero-order valence-electron chi connectivity index (χ0n) is 23.8. The van der Waals surface area contributed by atoms with Crippen LogP contribution in [0.5, 0.6) is 11.6 Å². The van der Waals surface area contributed by atoms with E-state index in [0.717, 1.165) is 42.3 Å². The summed E-state index contributed by atoms with van der Waals surface area (Å²) in [5.41, 5.74) is 3.01. The van der Waals surface area contributed by atoms with Crippen molar-refractivity contribution in [3.63, 3.8) is 0 Å². The van der Waals surface area contributed by atoms with Gasteiger partial charge >= 0.3 is 0 Å². The number of pyridine rings is 1. The van der Waals surface area contributed by atoms with Gasteiger partial charge in [-0.1, -0.05) is 48.5 Å². The molecule has 10 heteroatoms. The molecule has 0 amide bonds. The van der Waals surface area contributed by atoms with Crippen molar-refractivity contribution in [2.45, 2.75) is 37.3 Å². The van der Waals surface area contributed by atoms with Gasteiger partial charge in [0.1, 0.15) is 11.6 Å². The third-order valence-electron chi connectivity index (χ3n) is 7.54. The molecule has 6 rings (SSSR count). The van der Waals surface area contributed by atoms with E-state index in [-0.39, 0.29) is 23.1 Å². The molecular weight excluding hydrogens is 565 g/mol. The fourth-order valence-electron chi connectivity index (χ4n) is 5.41. The Morgan fingerprint density at radius 3 is 2.60 bits per heavy atom. The number of nitrogens with zero attached hydrogens (tertiary/aromatic N) is 3. The number of halogens is 1. The SMILES string of the molecule is Cc1ccc2c(CS(=O)(=O)Cc3ccccc3F)cccc2c1Oc1ncccc1-c1ccnc(N[C@H]2CCCNC2)n1. The quantitative estimate of drug-likeness (QED) is 0.207. The van der Waals surface area contributed by atoms with Gasteiger partial charge in [-0.05, 0) is 67.1 Å². The minimum Gasteiger partial charge on any atom is -0.437 e. The highest BCUT2D eigenvalue weighted by atomic mass is 32.2. The van der Waals surface area contributed by atoms with E-state index < -0.39 is 15.7 Å². The van der Waals surface area contributed by atoms with Gasteiger partial charge in [0.15, 0.2) is 9.84 Å². The highest BCUT2D eigenvalue weighted by Crippen LogP contribution is 2.38. The maximum atomic E-state index is 14.2. The lowest BCUT2D eigenvalue weighted by molar-refractivity contribution is 0.466. The molecule has 3 aromatic carbocycles. The standard InChI is InChI=1S/C33H32FN5O3S/c1-22-13-14-26-23(20-43(40,41)21-24-7-2-3-12-29(24)34)8-4-10-27(26)31(22)42-32-28(11-6-17-36-32)30-15-18-37-33(39-30)38-25-9-5-16-35-19-25/h2-4,6-8,10-15,17-18,25,35H,5,9,16,19-21H2,1H3,(H,37,38,39)/t25-/m0/s1. The van der Waals surface area contributed by atoms with Gasteiger partial charge < -0.3 is 15.4 Å². The fraction of sp³-hybridized carbons (Fsp3) is 0.242. The minimum absolute atomic E-state index is 0.156. The van der Waals surface area contributed by atoms with E-state index >= 15 is 0 Å². The summed E-state index contributed by atoms with van der Waals surface area (Å²) in [6.07, 6.45) is 5.53. The van der Waals surface area contributed by atoms with Crippen molar-refractivity contribution in [1.82, 2.24) is 20.3 Å². The van der Waals surface area contributed by atoms with Crippen LogP contribution in [0.4, 0.5) is 10.3 Å². The van der Waals surface area contributed by atoms with Crippen LogP contribution in [0.2, 0.25) is 0 Å². The van der Waals surface area contributed by atoms with E-state index in [9.17, 15) is 12.8 Å². The number of aromatic nitrogens is 3. The van der Waals surface area contributed by atoms with Crippen molar-refractivity contribution >= 4 is 26.6 Å². The highest BCUT2D eigenvalue weighted by molar-refractivity contribution is 7.89. The van der Waals surface area contributed by atoms with E-state index in [4.69, 9.17) is 9.72 Å². The number of piperidine rings is 1. The van der Waals surface area contributed by atoms with Crippen LogP contribution in [0.15, 0.2) is 85.2 Å². The number of hydrogen-bond acceptors (Lipinski definition) is 8. The van der Waals surface area contributed by atoms with E-state index in [1.807, 2.05) is 49.4 Å². The summed E-state index contributed by atoms with van der Waals surface area (Å²) >= 11 is 0. The summed E-state index contributed by atoms with van der Waals surface area (Å²) in [7, 11) is -3.66. The molecular formula is C33H32FN5O3S. The van der Waals surface area contributed by atoms with E-state index in [1.165, 1.54) is 12.1 Å². The van der Waals surface area contributed by atoms with E-state index in [0.29, 0.717) is 34.4 Å². The normalized spacial score (nSPS) is 15.3. The smallest absolute Gasteiger partial charge is 0.228 e. The van der Waals surface area contributed by atoms with Crippen LogP contribution in [0.3, 0.4) is 0 Å². The fourth-order valence-corrected chi connectivity index (χ4v) is 6.94. The van der Waals surface area contributed by atoms with Crippen molar-refractivity contribution in [2.24, 2.45) is 0 Å². The molecule has 2 aromatic heterocycles. The summed E-state index contributed by atoms with van der Waals surface area (Å²) < 4.78 is 47.0. The van der Waals surface area contributed by atoms with Gasteiger partial charge in [0.05, 0.1) is 22.8 Å². The monoisotopic (exact) mass is 597 g/mol. The maximum Gasteiger partial charge on any atom is 0.228 e. The van der Waals surface area contributed by atoms with Crippen molar-refractivity contribution in [2.75, 3.05) is 18.4 Å². The number of hydrogen-bond donors (Lipinski definition) is 2. The number of nitrogens with one attached hydrogen (secondary N) is 2. The van der Waals surface area contributed by atoms with Crippen LogP contribution in [-0.4, -0.2) is 42.5 Å². The zero-order chi connectivity index (χ0) is 29.8. The Labute approximate surface area is 250 Å². The summed E-state index contributed by atoms with van der Waals surface area (Å²) in [6, 6.07) is 21.1. The van der Waals surface area contributed by atoms with Crippen molar-refractivity contribution in [3.05, 3.63) is 108 Å². The molecule has 0 bridgehead atoms. The first-order chi connectivity index (χ1) is 20.9. The summed E-state index contributed by atoms with van der Waals surface area (Å²) in [5.74, 6) is 0.354. The number of anilines is 1. The molecule has 1 aliphatic heterocycles. The van der Waals surface area contributed by atoms with Crippen molar-refractivity contribution in [1.29, 1.82) is 0 Å². The Morgan fingerprint density at radius 2 is 1.77 bits per heavy atom. The molecule has 0 unspecified atom stereocenters. The van der Waals surface area contributed by atoms with Gasteiger partial charge in [0.25, 0.3) is 0 Å². The van der Waals surface area contributed by atoms with Crippen LogP contribution in [0.25, 0.3) is 22.0 Å². The van der Waals surface area contributed by atoms with Gasteiger partial charge in [0.2, 0.25) is 11.8 Å². The molecule has 1 saturated heterocycles. The van der Waals surface area contributed by atoms with E-state index in [1.54, 1.807) is 30.6 Å². The Balaban J connectivity index is 1.30. The van der Waals surface area contributed by atoms with Gasteiger partial charge in [0, 0.05) is 35.9 Å². The topological polar surface area (TPSA) is 106 Å². The molecule has 0 aliphatic carbocycles. The van der Waals surface area contributed by atoms with Gasteiger partial charge in [-0.3, -0.25) is 0 Å². The number of rotatable bonds is 9. The first-order valence-corrected chi connectivity index (χ1v) is 16.1. The molecule has 2 N–H and O–H groups in total. The van der Waals surface area contributed by atoms with Crippen molar-refractivity contribution in [3.8, 4) is 22.9 Å². The van der Waals surface area contributed by atoms with Crippen LogP contribution in [0, 0.1) is 12.7 Å². The molecule has 8 nitrogen and oxygen atoms in total. The second-order valence-corrected chi connectivity index (χ2v) is 12.8. The Morgan fingerprint density at radius 1 is 0.930 bits per heavy atom. The maximum absolute atomic E-state index is 14.2. The molecule has 5 aromatic rings. The number of benzene rings is 3. The van der Waals surface area contributed by atoms with Gasteiger partial charge in [-0.25, -0.2) is 27.8 Å². The minimum atomic E-state index is -3.66. The Kier molecular flexibility index (Phi) is 8.31. The second kappa shape index (κ2) is 12.4. The Bertz CT molecular complexity index is 1880. The lowest BCUT2D eigenvalue weighted by atomic mass is 10.0. The first-order valence-electron chi connectivity index (χ1n) is 14.2. The molecule has 3 heterocycles. The predicted octanol–water partition coefficient (Wildman–Crippen LogP) is 6.21. The molecule has 1 aliphatic rings. The number of sulfone groups is 1. The van der Waals surface area contributed by atoms with Crippen LogP contribution in [-0.2, 0) is 21.3 Å². The molecule has 0 spiro atoms. The number of aryl methyl sites for hydroxylation is 1. The lowest BCUT2D eigenvalue weighted by Gasteiger charge is -2.23. The molecule has 0 saturated carbocycles. The lowest BCUT2D eigenvalue weighted by Crippen LogP contribution is -2.38. The second-order valence-electron chi connectivity index (χ2n) is 10.8. The van der Waals surface area contributed by atoms with Crippen molar-refractivity contribution < 1.29 is 17.5 Å². The highest BCUT2D eigenvalue weighted by Gasteiger charge is 2.20. The molecule has 43 heavy (non-hydrogen) atoms. The molecule has 1 atom stereocenters.